The molecule has 0 aromatic carbocycles. The fraction of sp³-hybridized carbons (Fsp3) is 1.00. The zero-order valence-corrected chi connectivity index (χ0v) is 14.2. The van der Waals surface area contributed by atoms with E-state index < -0.39 is 37.6 Å². The van der Waals surface area contributed by atoms with Gasteiger partial charge >= 0.3 is 0 Å². The Balaban J connectivity index is -0.000000317. The molecule has 0 spiro atoms. The van der Waals surface area contributed by atoms with Crippen LogP contribution in [0, 0.1) is 0 Å². The lowest BCUT2D eigenvalue weighted by Crippen LogP contribution is -2.46. The highest BCUT2D eigenvalue weighted by molar-refractivity contribution is 6.18. The van der Waals surface area contributed by atoms with Gasteiger partial charge in [0.25, 0.3) is 0 Å². The van der Waals surface area contributed by atoms with Crippen molar-refractivity contribution in [3.05, 3.63) is 0 Å². The molecule has 10 heteroatoms. The second-order valence-corrected chi connectivity index (χ2v) is 4.92. The lowest BCUT2D eigenvalue weighted by molar-refractivity contribution is -0.123. The molecule has 0 fully saturated rings. The van der Waals surface area contributed by atoms with Gasteiger partial charge in [-0.2, -0.15) is 0 Å². The minimum atomic E-state index is -1.67. The van der Waals surface area contributed by atoms with E-state index in [4.69, 9.17) is 53.8 Å². The van der Waals surface area contributed by atoms with Crippen LogP contribution in [0.4, 0.5) is 0 Å². The lowest BCUT2D eigenvalue weighted by Gasteiger charge is -2.24. The molecule has 0 unspecified atom stereocenters. The SMILES string of the molecule is CN(CCCl)CCCl.Cl.OC[C@@H](O)[C@@H](O)[C@H](O)[C@@H](O)CO. The predicted molar refractivity (Wildman–Crippen MR) is 84.4 cm³/mol. The Morgan fingerprint density at radius 2 is 1.10 bits per heavy atom. The summed E-state index contributed by atoms with van der Waals surface area (Å²) in [6, 6.07) is 0. The predicted octanol–water partition coefficient (Wildman–Crippen LogP) is -1.77. The summed E-state index contributed by atoms with van der Waals surface area (Å²) in [6.45, 7) is 0.398. The Hall–Kier alpha value is 0.590. The van der Waals surface area contributed by atoms with Crippen LogP contribution < -0.4 is 0 Å². The molecule has 0 amide bonds. The van der Waals surface area contributed by atoms with E-state index in [9.17, 15) is 0 Å². The molecule has 0 aromatic rings. The zero-order chi connectivity index (χ0) is 16.1. The molecule has 21 heavy (non-hydrogen) atoms. The number of halogens is 3. The summed E-state index contributed by atoms with van der Waals surface area (Å²) < 4.78 is 0. The molecule has 0 saturated heterocycles. The van der Waals surface area contributed by atoms with E-state index in [0.717, 1.165) is 13.1 Å². The van der Waals surface area contributed by atoms with Gasteiger partial charge in [0, 0.05) is 24.8 Å². The van der Waals surface area contributed by atoms with Gasteiger partial charge in [-0.05, 0) is 7.05 Å². The van der Waals surface area contributed by atoms with Crippen LogP contribution in [0.15, 0.2) is 0 Å². The van der Waals surface area contributed by atoms with Crippen LogP contribution in [-0.4, -0.2) is 105 Å². The van der Waals surface area contributed by atoms with Gasteiger partial charge in [0.2, 0.25) is 0 Å². The van der Waals surface area contributed by atoms with E-state index in [1.54, 1.807) is 0 Å². The topological polar surface area (TPSA) is 125 Å². The van der Waals surface area contributed by atoms with Crippen LogP contribution in [0.2, 0.25) is 0 Å². The van der Waals surface area contributed by atoms with E-state index in [2.05, 4.69) is 4.90 Å². The number of aliphatic hydroxyl groups is 6. The number of aliphatic hydroxyl groups excluding tert-OH is 6. The van der Waals surface area contributed by atoms with Crippen LogP contribution in [0.1, 0.15) is 0 Å². The van der Waals surface area contributed by atoms with Crippen LogP contribution in [0.3, 0.4) is 0 Å². The maximum Gasteiger partial charge on any atom is 0.111 e. The van der Waals surface area contributed by atoms with Crippen LogP contribution in [0.5, 0.6) is 0 Å². The number of alkyl halides is 2. The van der Waals surface area contributed by atoms with Crippen molar-refractivity contribution in [1.82, 2.24) is 4.90 Å². The van der Waals surface area contributed by atoms with Crippen molar-refractivity contribution in [3.63, 3.8) is 0 Å². The molecule has 0 aliphatic heterocycles. The van der Waals surface area contributed by atoms with Crippen molar-refractivity contribution in [3.8, 4) is 0 Å². The molecule has 0 aliphatic carbocycles. The Morgan fingerprint density at radius 3 is 1.29 bits per heavy atom. The molecular weight excluding hydrogens is 348 g/mol. The minimum Gasteiger partial charge on any atom is -0.394 e. The van der Waals surface area contributed by atoms with Crippen molar-refractivity contribution in [2.24, 2.45) is 0 Å². The van der Waals surface area contributed by atoms with Gasteiger partial charge in [0.1, 0.15) is 24.4 Å². The summed E-state index contributed by atoms with van der Waals surface area (Å²) in [7, 11) is 2.00. The summed E-state index contributed by atoms with van der Waals surface area (Å²) in [5, 5.41) is 52.2. The molecule has 0 aliphatic rings. The first-order valence-electron chi connectivity index (χ1n) is 6.10. The van der Waals surface area contributed by atoms with Crippen molar-refractivity contribution >= 4 is 35.6 Å². The molecule has 6 N–H and O–H groups in total. The fourth-order valence-electron chi connectivity index (χ4n) is 1.07. The summed E-state index contributed by atoms with van der Waals surface area (Å²) in [4.78, 5) is 2.10. The number of hydrogen-bond donors (Lipinski definition) is 6. The van der Waals surface area contributed by atoms with Gasteiger partial charge in [-0.25, -0.2) is 0 Å². The first-order chi connectivity index (χ1) is 9.35. The molecular formula is C11H26Cl3NO6. The monoisotopic (exact) mass is 373 g/mol. The Bertz CT molecular complexity index is 198. The summed E-state index contributed by atoms with van der Waals surface area (Å²) in [5.74, 6) is 1.38. The molecule has 0 rings (SSSR count). The quantitative estimate of drug-likeness (QED) is 0.264. The molecule has 0 saturated carbocycles. The van der Waals surface area contributed by atoms with Gasteiger partial charge in [-0.15, -0.1) is 35.6 Å². The van der Waals surface area contributed by atoms with Crippen LogP contribution in [0.25, 0.3) is 0 Å². The Morgan fingerprint density at radius 1 is 0.810 bits per heavy atom. The number of hydrogen-bond acceptors (Lipinski definition) is 7. The average Bonchev–Trinajstić information content (AvgIpc) is 2.45. The zero-order valence-electron chi connectivity index (χ0n) is 11.8. The van der Waals surface area contributed by atoms with E-state index in [1.807, 2.05) is 7.05 Å². The van der Waals surface area contributed by atoms with Gasteiger partial charge in [-0.3, -0.25) is 0 Å². The summed E-state index contributed by atoms with van der Waals surface area (Å²) in [5.41, 5.74) is 0. The van der Waals surface area contributed by atoms with Gasteiger partial charge in [-0.1, -0.05) is 0 Å². The summed E-state index contributed by atoms with van der Waals surface area (Å²) >= 11 is 10.9. The maximum atomic E-state index is 8.96. The molecule has 0 radical (unpaired) electrons. The highest BCUT2D eigenvalue weighted by Crippen LogP contribution is 2.04. The molecule has 132 valence electrons. The largest absolute Gasteiger partial charge is 0.394 e. The highest BCUT2D eigenvalue weighted by atomic mass is 35.5. The molecule has 4 atom stereocenters. The molecule has 0 aromatic heterocycles. The van der Waals surface area contributed by atoms with Crippen molar-refractivity contribution in [2.75, 3.05) is 45.1 Å². The molecule has 7 nitrogen and oxygen atoms in total. The normalized spacial score (nSPS) is 16.3. The van der Waals surface area contributed by atoms with E-state index in [0.29, 0.717) is 11.8 Å². The first kappa shape index (κ1) is 26.5. The third-order valence-corrected chi connectivity index (χ3v) is 2.78. The fourth-order valence-corrected chi connectivity index (χ4v) is 1.65. The third kappa shape index (κ3) is 13.9. The second kappa shape index (κ2) is 17.0. The highest BCUT2D eigenvalue weighted by Gasteiger charge is 2.29. The van der Waals surface area contributed by atoms with Crippen LogP contribution in [-0.2, 0) is 0 Å². The lowest BCUT2D eigenvalue weighted by atomic mass is 10.0. The average molecular weight is 375 g/mol. The van der Waals surface area contributed by atoms with E-state index >= 15 is 0 Å². The van der Waals surface area contributed by atoms with Crippen molar-refractivity contribution < 1.29 is 30.6 Å². The Kier molecular flexibility index (Phi) is 21.4. The Labute approximate surface area is 141 Å². The van der Waals surface area contributed by atoms with Crippen LogP contribution >= 0.6 is 35.6 Å². The first-order valence-corrected chi connectivity index (χ1v) is 7.16. The van der Waals surface area contributed by atoms with E-state index in [1.165, 1.54) is 0 Å². The maximum absolute atomic E-state index is 8.96. The van der Waals surface area contributed by atoms with Gasteiger partial charge < -0.3 is 35.5 Å². The van der Waals surface area contributed by atoms with Crippen molar-refractivity contribution in [1.29, 1.82) is 0 Å². The molecule has 0 heterocycles. The van der Waals surface area contributed by atoms with E-state index in [-0.39, 0.29) is 12.4 Å². The molecule has 0 bridgehead atoms. The summed E-state index contributed by atoms with van der Waals surface area (Å²) in [6.07, 6.45) is -6.39. The minimum absolute atomic E-state index is 0. The van der Waals surface area contributed by atoms with Crippen molar-refractivity contribution in [2.45, 2.75) is 24.4 Å². The van der Waals surface area contributed by atoms with Gasteiger partial charge in [0.15, 0.2) is 0 Å². The number of rotatable bonds is 9. The van der Waals surface area contributed by atoms with Gasteiger partial charge in [0.05, 0.1) is 13.2 Å². The third-order valence-electron chi connectivity index (χ3n) is 2.44. The smallest absolute Gasteiger partial charge is 0.111 e. The number of nitrogens with zero attached hydrogens (tertiary/aromatic N) is 1. The second-order valence-electron chi connectivity index (χ2n) is 4.16. The standard InChI is InChI=1S/C6H14O6.C5H11Cl2N.ClH/c7-1-3(9)5(11)6(12)4(10)2-8;1-8(4-2-6)5-3-7;/h3-12H,1-2H2;2-5H2,1H3;1H/t3-,4+,5-,6-;;/m1../s1.